The van der Waals surface area contributed by atoms with E-state index in [2.05, 4.69) is 20.5 Å². The molecule has 1 aromatic heterocycles. The number of para-hydroxylation sites is 1. The zero-order valence-electron chi connectivity index (χ0n) is 13.6. The molecule has 5 nitrogen and oxygen atoms in total. The number of benzene rings is 1. The Labute approximate surface area is 151 Å². The predicted octanol–water partition coefficient (Wildman–Crippen LogP) is 3.57. The first-order valence-electron chi connectivity index (χ1n) is 8.07. The van der Waals surface area contributed by atoms with Crippen molar-refractivity contribution < 1.29 is 4.79 Å². The van der Waals surface area contributed by atoms with Gasteiger partial charge < -0.3 is 15.5 Å². The van der Waals surface area contributed by atoms with E-state index in [0.717, 1.165) is 46.5 Å². The zero-order valence-corrected chi connectivity index (χ0v) is 15.2. The first kappa shape index (κ1) is 17.0. The first-order valence-corrected chi connectivity index (χ1v) is 9.26. The highest BCUT2D eigenvalue weighted by molar-refractivity contribution is 7.11. The lowest BCUT2D eigenvalue weighted by atomic mass is 10.1. The molecule has 0 saturated carbocycles. The van der Waals surface area contributed by atoms with E-state index in [1.54, 1.807) is 11.3 Å². The molecule has 3 rings (SSSR count). The van der Waals surface area contributed by atoms with Crippen molar-refractivity contribution in [3.05, 3.63) is 45.4 Å². The molecule has 2 heterocycles. The van der Waals surface area contributed by atoms with Crippen LogP contribution < -0.4 is 15.5 Å². The molecule has 24 heavy (non-hydrogen) atoms. The normalized spacial score (nSPS) is 17.6. The Morgan fingerprint density at radius 1 is 1.46 bits per heavy atom. The summed E-state index contributed by atoms with van der Waals surface area (Å²) in [7, 11) is 0. The molecule has 0 bridgehead atoms. The van der Waals surface area contributed by atoms with Crippen molar-refractivity contribution in [2.75, 3.05) is 18.0 Å². The molecule has 2 aromatic rings. The fourth-order valence-corrected chi connectivity index (χ4v) is 3.88. The van der Waals surface area contributed by atoms with Crippen molar-refractivity contribution in [2.24, 2.45) is 0 Å². The number of aryl methyl sites for hydroxylation is 1. The van der Waals surface area contributed by atoms with E-state index in [9.17, 15) is 4.79 Å². The minimum Gasteiger partial charge on any atom is -0.368 e. The summed E-state index contributed by atoms with van der Waals surface area (Å²) < 4.78 is 0. The van der Waals surface area contributed by atoms with Crippen molar-refractivity contribution in [1.29, 1.82) is 0 Å². The van der Waals surface area contributed by atoms with Gasteiger partial charge in [-0.3, -0.25) is 0 Å². The van der Waals surface area contributed by atoms with E-state index in [1.807, 2.05) is 37.4 Å². The average Bonchev–Trinajstić information content (AvgIpc) is 2.99. The topological polar surface area (TPSA) is 57.3 Å². The third kappa shape index (κ3) is 4.39. The van der Waals surface area contributed by atoms with Crippen LogP contribution in [0, 0.1) is 6.92 Å². The van der Waals surface area contributed by atoms with Gasteiger partial charge in [0.15, 0.2) is 0 Å². The van der Waals surface area contributed by atoms with Gasteiger partial charge in [-0.2, -0.15) is 0 Å². The molecular weight excluding hydrogens is 344 g/mol. The van der Waals surface area contributed by atoms with Crippen LogP contribution >= 0.6 is 22.9 Å². The average molecular weight is 365 g/mol. The molecule has 1 saturated heterocycles. The van der Waals surface area contributed by atoms with Crippen LogP contribution in [0.3, 0.4) is 0 Å². The maximum absolute atomic E-state index is 12.1. The number of rotatable bonds is 4. The molecule has 0 aliphatic carbocycles. The summed E-state index contributed by atoms with van der Waals surface area (Å²) in [5, 5.41) is 7.61. The van der Waals surface area contributed by atoms with Crippen molar-refractivity contribution in [2.45, 2.75) is 32.4 Å². The van der Waals surface area contributed by atoms with Crippen LogP contribution in [-0.4, -0.2) is 30.1 Å². The molecule has 2 amide bonds. The van der Waals surface area contributed by atoms with Crippen molar-refractivity contribution in [3.8, 4) is 0 Å². The number of hydrogen-bond donors (Lipinski definition) is 2. The number of hydrogen-bond acceptors (Lipinski definition) is 4. The number of anilines is 1. The molecule has 1 aliphatic heterocycles. The van der Waals surface area contributed by atoms with Gasteiger partial charge in [0.05, 0.1) is 17.3 Å². The van der Waals surface area contributed by atoms with E-state index in [1.165, 1.54) is 0 Å². The van der Waals surface area contributed by atoms with Gasteiger partial charge in [0.1, 0.15) is 5.01 Å². The number of urea groups is 1. The third-order valence-corrected chi connectivity index (χ3v) is 5.25. The Hall–Kier alpha value is -1.79. The van der Waals surface area contributed by atoms with E-state index in [4.69, 9.17) is 11.6 Å². The standard InChI is InChI=1S/C17H21ClN4OS/c1-12-9-19-16(24-12)10-20-17(23)21-13-5-4-8-22(11-13)15-7-3-2-6-14(15)18/h2-3,6-7,9,13H,4-5,8,10-11H2,1H3,(H2,20,21,23). The predicted molar refractivity (Wildman–Crippen MR) is 98.9 cm³/mol. The van der Waals surface area contributed by atoms with Gasteiger partial charge in [0.2, 0.25) is 0 Å². The second-order valence-corrected chi connectivity index (χ2v) is 7.65. The number of carbonyl (C=O) groups excluding carboxylic acids is 1. The molecule has 0 radical (unpaired) electrons. The highest BCUT2D eigenvalue weighted by Crippen LogP contribution is 2.27. The minimum atomic E-state index is -0.145. The van der Waals surface area contributed by atoms with Gasteiger partial charge in [0, 0.05) is 30.2 Å². The quantitative estimate of drug-likeness (QED) is 0.871. The molecule has 128 valence electrons. The summed E-state index contributed by atoms with van der Waals surface area (Å²) in [5.74, 6) is 0. The lowest BCUT2D eigenvalue weighted by molar-refractivity contribution is 0.234. The highest BCUT2D eigenvalue weighted by atomic mass is 35.5. The van der Waals surface area contributed by atoms with E-state index in [-0.39, 0.29) is 12.1 Å². The third-order valence-electron chi connectivity index (χ3n) is 4.02. The smallest absolute Gasteiger partial charge is 0.315 e. The van der Waals surface area contributed by atoms with Crippen molar-refractivity contribution in [1.82, 2.24) is 15.6 Å². The van der Waals surface area contributed by atoms with E-state index in [0.29, 0.717) is 6.54 Å². The fourth-order valence-electron chi connectivity index (χ4n) is 2.90. The zero-order chi connectivity index (χ0) is 16.9. The maximum Gasteiger partial charge on any atom is 0.315 e. The van der Waals surface area contributed by atoms with Crippen molar-refractivity contribution in [3.63, 3.8) is 0 Å². The first-order chi connectivity index (χ1) is 11.6. The number of nitrogens with zero attached hydrogens (tertiary/aromatic N) is 2. The summed E-state index contributed by atoms with van der Waals surface area (Å²) in [5.41, 5.74) is 1.03. The van der Waals surface area contributed by atoms with Crippen LogP contribution in [0.1, 0.15) is 22.7 Å². The van der Waals surface area contributed by atoms with Crippen LogP contribution in [0.5, 0.6) is 0 Å². The second-order valence-electron chi connectivity index (χ2n) is 5.93. The number of amides is 2. The maximum atomic E-state index is 12.1. The highest BCUT2D eigenvalue weighted by Gasteiger charge is 2.22. The van der Waals surface area contributed by atoms with Crippen LogP contribution in [0.15, 0.2) is 30.5 Å². The Morgan fingerprint density at radius 2 is 2.29 bits per heavy atom. The number of nitrogens with one attached hydrogen (secondary N) is 2. The molecule has 1 atom stereocenters. The lowest BCUT2D eigenvalue weighted by Gasteiger charge is -2.35. The number of thiazole rings is 1. The molecular formula is C17H21ClN4OS. The van der Waals surface area contributed by atoms with E-state index >= 15 is 0 Å². The number of halogens is 1. The summed E-state index contributed by atoms with van der Waals surface area (Å²) >= 11 is 7.88. The molecule has 1 aromatic carbocycles. The van der Waals surface area contributed by atoms with Gasteiger partial charge in [-0.05, 0) is 31.9 Å². The molecule has 7 heteroatoms. The SMILES string of the molecule is Cc1cnc(CNC(=O)NC2CCCN(c3ccccc3Cl)C2)s1. The minimum absolute atomic E-state index is 0.119. The van der Waals surface area contributed by atoms with Crippen LogP contribution in [0.4, 0.5) is 10.5 Å². The lowest BCUT2D eigenvalue weighted by Crippen LogP contribution is -2.50. The largest absolute Gasteiger partial charge is 0.368 e. The monoisotopic (exact) mass is 364 g/mol. The Morgan fingerprint density at radius 3 is 3.04 bits per heavy atom. The Kier molecular flexibility index (Phi) is 5.58. The molecule has 2 N–H and O–H groups in total. The van der Waals surface area contributed by atoms with Crippen LogP contribution in [0.25, 0.3) is 0 Å². The molecule has 1 aliphatic rings. The fraction of sp³-hybridized carbons (Fsp3) is 0.412. The van der Waals surface area contributed by atoms with Crippen LogP contribution in [-0.2, 0) is 6.54 Å². The second kappa shape index (κ2) is 7.85. The summed E-state index contributed by atoms with van der Waals surface area (Å²) in [6.07, 6.45) is 3.83. The number of aromatic nitrogens is 1. The molecule has 1 fully saturated rings. The molecule has 1 unspecified atom stereocenters. The number of piperidine rings is 1. The van der Waals surface area contributed by atoms with Gasteiger partial charge in [-0.15, -0.1) is 11.3 Å². The Balaban J connectivity index is 1.51. The number of carbonyl (C=O) groups is 1. The van der Waals surface area contributed by atoms with E-state index < -0.39 is 0 Å². The summed E-state index contributed by atoms with van der Waals surface area (Å²) in [6.45, 7) is 4.20. The van der Waals surface area contributed by atoms with Gasteiger partial charge in [-0.25, -0.2) is 9.78 Å². The van der Waals surface area contributed by atoms with Gasteiger partial charge in [-0.1, -0.05) is 23.7 Å². The molecule has 0 spiro atoms. The Bertz CT molecular complexity index is 705. The van der Waals surface area contributed by atoms with Gasteiger partial charge >= 0.3 is 6.03 Å². The summed E-state index contributed by atoms with van der Waals surface area (Å²) in [6, 6.07) is 7.81. The van der Waals surface area contributed by atoms with Crippen molar-refractivity contribution >= 4 is 34.7 Å². The van der Waals surface area contributed by atoms with Gasteiger partial charge in [0.25, 0.3) is 0 Å². The summed E-state index contributed by atoms with van der Waals surface area (Å²) in [4.78, 5) is 19.7. The van der Waals surface area contributed by atoms with Crippen LogP contribution in [0.2, 0.25) is 5.02 Å².